The number of H-pyrrole nitrogens is 1. The van der Waals surface area contributed by atoms with E-state index >= 15 is 0 Å². The predicted molar refractivity (Wildman–Crippen MR) is 142 cm³/mol. The van der Waals surface area contributed by atoms with Crippen LogP contribution in [0, 0.1) is 0 Å². The van der Waals surface area contributed by atoms with Crippen molar-refractivity contribution in [3.05, 3.63) is 90.4 Å². The summed E-state index contributed by atoms with van der Waals surface area (Å²) in [4.78, 5) is 36.0. The maximum Gasteiger partial charge on any atom is 0.255 e. The zero-order chi connectivity index (χ0) is 25.9. The van der Waals surface area contributed by atoms with Crippen molar-refractivity contribution in [3.63, 3.8) is 0 Å². The Balaban J connectivity index is 1.61. The first-order valence-corrected chi connectivity index (χ1v) is 11.5. The third-order valence-corrected chi connectivity index (χ3v) is 5.91. The van der Waals surface area contributed by atoms with Crippen LogP contribution in [0.1, 0.15) is 20.7 Å². The molecule has 2 aromatic carbocycles. The number of carbonyl (C=O) groups excluding carboxylic acids is 2. The number of hydrogen-bond acceptors (Lipinski definition) is 6. The van der Waals surface area contributed by atoms with Gasteiger partial charge >= 0.3 is 0 Å². The minimum Gasteiger partial charge on any atom is -0.496 e. The Morgan fingerprint density at radius 1 is 0.946 bits per heavy atom. The number of anilines is 1. The van der Waals surface area contributed by atoms with Crippen LogP contribution in [0.3, 0.4) is 0 Å². The molecule has 0 fully saturated rings. The lowest BCUT2D eigenvalue weighted by atomic mass is 9.98. The van der Waals surface area contributed by atoms with E-state index in [9.17, 15) is 9.59 Å². The Bertz CT molecular complexity index is 1610. The molecule has 37 heavy (non-hydrogen) atoms. The lowest BCUT2D eigenvalue weighted by Gasteiger charge is -2.14. The van der Waals surface area contributed by atoms with Crippen LogP contribution in [0.15, 0.2) is 79.3 Å². The second-order valence-electron chi connectivity index (χ2n) is 8.58. The van der Waals surface area contributed by atoms with Crippen LogP contribution in [0.2, 0.25) is 0 Å². The predicted octanol–water partition coefficient (Wildman–Crippen LogP) is 4.65. The van der Waals surface area contributed by atoms with Gasteiger partial charge in [-0.2, -0.15) is 5.10 Å². The number of rotatable bonds is 6. The standard InChI is InChI=1S/C28H24N6O3/c1-34(2)28(36)19-13-17(12-18(14-19)27(35)31-21-8-10-29-11-9-21)20-15-23-25(32-33-26(23)30-16-20)22-6-4-5-7-24(22)37-3/h4-16H,1-3H3,(H,29,31,35)(H,30,32,33). The molecule has 5 aromatic rings. The van der Waals surface area contributed by atoms with Gasteiger partial charge in [-0.05, 0) is 54.1 Å². The van der Waals surface area contributed by atoms with Crippen molar-refractivity contribution in [1.82, 2.24) is 25.1 Å². The summed E-state index contributed by atoms with van der Waals surface area (Å²) in [5.41, 5.74) is 4.90. The zero-order valence-electron chi connectivity index (χ0n) is 20.5. The van der Waals surface area contributed by atoms with Crippen molar-refractivity contribution < 1.29 is 14.3 Å². The van der Waals surface area contributed by atoms with E-state index in [0.29, 0.717) is 33.8 Å². The lowest BCUT2D eigenvalue weighted by Crippen LogP contribution is -2.22. The van der Waals surface area contributed by atoms with E-state index in [2.05, 4.69) is 25.5 Å². The fourth-order valence-corrected chi connectivity index (χ4v) is 4.06. The Kier molecular flexibility index (Phi) is 6.34. The van der Waals surface area contributed by atoms with Crippen molar-refractivity contribution >= 4 is 28.5 Å². The Morgan fingerprint density at radius 2 is 1.70 bits per heavy atom. The molecule has 0 atom stereocenters. The first-order chi connectivity index (χ1) is 17.9. The summed E-state index contributed by atoms with van der Waals surface area (Å²) in [7, 11) is 4.96. The number of pyridine rings is 2. The summed E-state index contributed by atoms with van der Waals surface area (Å²) in [6, 6.07) is 18.1. The second kappa shape index (κ2) is 9.90. The normalized spacial score (nSPS) is 10.8. The number of nitrogens with zero attached hydrogens (tertiary/aromatic N) is 4. The van der Waals surface area contributed by atoms with Gasteiger partial charge in [0, 0.05) is 66.0 Å². The molecule has 184 valence electrons. The van der Waals surface area contributed by atoms with Gasteiger partial charge in [0.15, 0.2) is 5.65 Å². The summed E-state index contributed by atoms with van der Waals surface area (Å²) in [5, 5.41) is 11.0. The van der Waals surface area contributed by atoms with Crippen molar-refractivity contribution in [2.45, 2.75) is 0 Å². The van der Waals surface area contributed by atoms with Gasteiger partial charge < -0.3 is 15.0 Å². The van der Waals surface area contributed by atoms with Crippen LogP contribution < -0.4 is 10.1 Å². The molecule has 9 heteroatoms. The van der Waals surface area contributed by atoms with Crippen LogP contribution in [-0.2, 0) is 0 Å². The van der Waals surface area contributed by atoms with Gasteiger partial charge in [0.2, 0.25) is 0 Å². The molecule has 9 nitrogen and oxygen atoms in total. The van der Waals surface area contributed by atoms with E-state index in [4.69, 9.17) is 4.74 Å². The summed E-state index contributed by atoms with van der Waals surface area (Å²) in [5.74, 6) is 0.145. The first kappa shape index (κ1) is 23.7. The van der Waals surface area contributed by atoms with Crippen molar-refractivity contribution in [2.75, 3.05) is 26.5 Å². The smallest absolute Gasteiger partial charge is 0.255 e. The van der Waals surface area contributed by atoms with Crippen LogP contribution in [-0.4, -0.2) is 58.1 Å². The van der Waals surface area contributed by atoms with Gasteiger partial charge in [0.25, 0.3) is 11.8 Å². The SMILES string of the molecule is COc1ccccc1-c1[nH]nc2ncc(-c3cc(C(=O)Nc4ccncc4)cc(C(=O)N(C)C)c3)cc12. The highest BCUT2D eigenvalue weighted by molar-refractivity contribution is 6.07. The van der Waals surface area contributed by atoms with Crippen molar-refractivity contribution in [1.29, 1.82) is 0 Å². The number of carbonyl (C=O) groups is 2. The molecule has 0 unspecified atom stereocenters. The fraction of sp³-hybridized carbons (Fsp3) is 0.107. The maximum atomic E-state index is 13.1. The highest BCUT2D eigenvalue weighted by atomic mass is 16.5. The molecule has 0 aliphatic heterocycles. The third kappa shape index (κ3) is 4.74. The van der Waals surface area contributed by atoms with Gasteiger partial charge in [-0.3, -0.25) is 19.7 Å². The number of fused-ring (bicyclic) bond motifs is 1. The fourth-order valence-electron chi connectivity index (χ4n) is 4.06. The maximum absolute atomic E-state index is 13.1. The number of benzene rings is 2. The van der Waals surface area contributed by atoms with Gasteiger partial charge in [0.1, 0.15) is 5.75 Å². The molecule has 2 amide bonds. The molecule has 0 bridgehead atoms. The number of para-hydroxylation sites is 1. The number of methoxy groups -OCH3 is 1. The van der Waals surface area contributed by atoms with Crippen LogP contribution >= 0.6 is 0 Å². The van der Waals surface area contributed by atoms with Crippen molar-refractivity contribution in [3.8, 4) is 28.1 Å². The van der Waals surface area contributed by atoms with E-state index in [0.717, 1.165) is 22.2 Å². The average molecular weight is 493 g/mol. The number of nitrogens with one attached hydrogen (secondary N) is 2. The van der Waals surface area contributed by atoms with E-state index in [1.165, 1.54) is 4.90 Å². The summed E-state index contributed by atoms with van der Waals surface area (Å²) >= 11 is 0. The van der Waals surface area contributed by atoms with E-state index in [1.54, 1.807) is 70.1 Å². The third-order valence-electron chi connectivity index (χ3n) is 5.91. The average Bonchev–Trinajstić information content (AvgIpc) is 3.36. The zero-order valence-corrected chi connectivity index (χ0v) is 20.5. The van der Waals surface area contributed by atoms with Gasteiger partial charge in [0.05, 0.1) is 12.8 Å². The van der Waals surface area contributed by atoms with Crippen LogP contribution in [0.25, 0.3) is 33.4 Å². The largest absolute Gasteiger partial charge is 0.496 e. The highest BCUT2D eigenvalue weighted by Crippen LogP contribution is 2.34. The minimum absolute atomic E-state index is 0.216. The highest BCUT2D eigenvalue weighted by Gasteiger charge is 2.18. The molecule has 5 rings (SSSR count). The van der Waals surface area contributed by atoms with Gasteiger partial charge in [-0.25, -0.2) is 4.98 Å². The van der Waals surface area contributed by atoms with E-state index in [1.807, 2.05) is 30.3 Å². The molecule has 0 radical (unpaired) electrons. The summed E-state index contributed by atoms with van der Waals surface area (Å²) < 4.78 is 5.53. The molecular weight excluding hydrogens is 468 g/mol. The molecule has 0 saturated carbocycles. The number of ether oxygens (including phenoxy) is 1. The number of aromatic amines is 1. The van der Waals surface area contributed by atoms with Gasteiger partial charge in [-0.15, -0.1) is 0 Å². The number of amides is 2. The minimum atomic E-state index is -0.340. The molecule has 2 N–H and O–H groups in total. The molecular formula is C28H24N6O3. The lowest BCUT2D eigenvalue weighted by molar-refractivity contribution is 0.0827. The van der Waals surface area contributed by atoms with E-state index < -0.39 is 0 Å². The monoisotopic (exact) mass is 492 g/mol. The number of aromatic nitrogens is 4. The molecule has 3 aromatic heterocycles. The first-order valence-electron chi connectivity index (χ1n) is 11.5. The van der Waals surface area contributed by atoms with E-state index in [-0.39, 0.29) is 11.8 Å². The quantitative estimate of drug-likeness (QED) is 0.357. The Labute approximate surface area is 213 Å². The number of hydrogen-bond donors (Lipinski definition) is 2. The molecule has 0 spiro atoms. The molecule has 0 aliphatic carbocycles. The Hall–Kier alpha value is -5.05. The Morgan fingerprint density at radius 3 is 2.46 bits per heavy atom. The summed E-state index contributed by atoms with van der Waals surface area (Å²) in [6.45, 7) is 0. The second-order valence-corrected chi connectivity index (χ2v) is 8.58. The van der Waals surface area contributed by atoms with Gasteiger partial charge in [-0.1, -0.05) is 12.1 Å². The molecule has 3 heterocycles. The van der Waals surface area contributed by atoms with Crippen LogP contribution in [0.4, 0.5) is 5.69 Å². The molecule has 0 aliphatic rings. The topological polar surface area (TPSA) is 113 Å². The van der Waals surface area contributed by atoms with Crippen LogP contribution in [0.5, 0.6) is 5.75 Å². The summed E-state index contributed by atoms with van der Waals surface area (Å²) in [6.07, 6.45) is 4.87. The molecule has 0 saturated heterocycles. The van der Waals surface area contributed by atoms with Crippen molar-refractivity contribution in [2.24, 2.45) is 0 Å².